The predicted octanol–water partition coefficient (Wildman–Crippen LogP) is 3.85. The van der Waals surface area contributed by atoms with Gasteiger partial charge in [0.15, 0.2) is 0 Å². The second kappa shape index (κ2) is 5.84. The summed E-state index contributed by atoms with van der Waals surface area (Å²) in [5, 5.41) is 5.88. The second-order valence-electron chi connectivity index (χ2n) is 4.20. The standard InChI is InChI=1S/C14H14BrN3O/c1-9-7-11(3-5-13(9)15)18-14-6-4-12(8-16-14)17-10(2)19/h3-8H,1-2H3,(H,16,18)(H,17,19). The minimum atomic E-state index is -0.106. The number of carbonyl (C=O) groups is 1. The van der Waals surface area contributed by atoms with Crippen molar-refractivity contribution in [2.45, 2.75) is 13.8 Å². The molecular formula is C14H14BrN3O. The number of halogens is 1. The van der Waals surface area contributed by atoms with E-state index in [1.165, 1.54) is 6.92 Å². The van der Waals surface area contributed by atoms with E-state index >= 15 is 0 Å². The maximum Gasteiger partial charge on any atom is 0.221 e. The van der Waals surface area contributed by atoms with Crippen LogP contribution in [0.5, 0.6) is 0 Å². The normalized spacial score (nSPS) is 10.1. The molecule has 0 saturated heterocycles. The van der Waals surface area contributed by atoms with Crippen LogP contribution >= 0.6 is 15.9 Å². The Morgan fingerprint density at radius 2 is 1.95 bits per heavy atom. The Kier molecular flexibility index (Phi) is 4.16. The Hall–Kier alpha value is -1.88. The lowest BCUT2D eigenvalue weighted by molar-refractivity contribution is -0.114. The van der Waals surface area contributed by atoms with E-state index in [0.717, 1.165) is 21.5 Å². The van der Waals surface area contributed by atoms with Gasteiger partial charge in [0.2, 0.25) is 5.91 Å². The number of nitrogens with one attached hydrogen (secondary N) is 2. The summed E-state index contributed by atoms with van der Waals surface area (Å²) in [5.74, 6) is 0.627. The van der Waals surface area contributed by atoms with E-state index in [0.29, 0.717) is 5.69 Å². The van der Waals surface area contributed by atoms with Crippen molar-refractivity contribution >= 4 is 39.0 Å². The second-order valence-corrected chi connectivity index (χ2v) is 5.06. The summed E-state index contributed by atoms with van der Waals surface area (Å²) in [7, 11) is 0. The molecule has 2 rings (SSSR count). The Labute approximate surface area is 120 Å². The van der Waals surface area contributed by atoms with Gasteiger partial charge in [-0.25, -0.2) is 4.98 Å². The number of benzene rings is 1. The van der Waals surface area contributed by atoms with E-state index in [-0.39, 0.29) is 5.91 Å². The molecular weight excluding hydrogens is 306 g/mol. The van der Waals surface area contributed by atoms with Crippen molar-refractivity contribution in [1.82, 2.24) is 4.98 Å². The van der Waals surface area contributed by atoms with E-state index in [4.69, 9.17) is 0 Å². The highest BCUT2D eigenvalue weighted by Gasteiger charge is 2.00. The molecule has 0 fully saturated rings. The van der Waals surface area contributed by atoms with Crippen LogP contribution in [0.15, 0.2) is 41.0 Å². The molecule has 0 saturated carbocycles. The molecule has 1 amide bonds. The monoisotopic (exact) mass is 319 g/mol. The van der Waals surface area contributed by atoms with Gasteiger partial charge in [-0.3, -0.25) is 4.79 Å². The molecule has 98 valence electrons. The fraction of sp³-hybridized carbons (Fsp3) is 0.143. The number of pyridine rings is 1. The van der Waals surface area contributed by atoms with Gasteiger partial charge in [0.25, 0.3) is 0 Å². The van der Waals surface area contributed by atoms with E-state index in [1.54, 1.807) is 6.20 Å². The number of aryl methyl sites for hydroxylation is 1. The molecule has 0 atom stereocenters. The zero-order valence-corrected chi connectivity index (χ0v) is 12.3. The smallest absolute Gasteiger partial charge is 0.221 e. The van der Waals surface area contributed by atoms with Crippen LogP contribution in [0.4, 0.5) is 17.2 Å². The highest BCUT2D eigenvalue weighted by molar-refractivity contribution is 9.10. The first-order valence-corrected chi connectivity index (χ1v) is 6.61. The highest BCUT2D eigenvalue weighted by atomic mass is 79.9. The highest BCUT2D eigenvalue weighted by Crippen LogP contribution is 2.22. The average molecular weight is 320 g/mol. The molecule has 0 unspecified atom stereocenters. The number of rotatable bonds is 3. The third-order valence-corrected chi connectivity index (χ3v) is 3.40. The van der Waals surface area contributed by atoms with Crippen molar-refractivity contribution < 1.29 is 4.79 Å². The zero-order chi connectivity index (χ0) is 13.8. The molecule has 2 N–H and O–H groups in total. The predicted molar refractivity (Wildman–Crippen MR) is 80.7 cm³/mol. The van der Waals surface area contributed by atoms with Crippen LogP contribution in [0.1, 0.15) is 12.5 Å². The van der Waals surface area contributed by atoms with Crippen molar-refractivity contribution in [1.29, 1.82) is 0 Å². The van der Waals surface area contributed by atoms with E-state index in [1.807, 2.05) is 37.3 Å². The number of anilines is 3. The molecule has 0 radical (unpaired) electrons. The lowest BCUT2D eigenvalue weighted by Gasteiger charge is -2.08. The average Bonchev–Trinajstić information content (AvgIpc) is 2.36. The third-order valence-electron chi connectivity index (χ3n) is 2.51. The number of nitrogens with zero attached hydrogens (tertiary/aromatic N) is 1. The number of hydrogen-bond donors (Lipinski definition) is 2. The molecule has 1 aromatic heterocycles. The van der Waals surface area contributed by atoms with Gasteiger partial charge in [-0.2, -0.15) is 0 Å². The van der Waals surface area contributed by atoms with Crippen molar-refractivity contribution in [2.24, 2.45) is 0 Å². The molecule has 0 spiro atoms. The van der Waals surface area contributed by atoms with Crippen molar-refractivity contribution in [3.05, 3.63) is 46.6 Å². The van der Waals surface area contributed by atoms with E-state index in [2.05, 4.69) is 31.5 Å². The first-order valence-electron chi connectivity index (χ1n) is 5.81. The van der Waals surface area contributed by atoms with Gasteiger partial charge in [0, 0.05) is 17.1 Å². The molecule has 0 aliphatic heterocycles. The quantitative estimate of drug-likeness (QED) is 0.903. The summed E-state index contributed by atoms with van der Waals surface area (Å²) in [6.45, 7) is 3.50. The first-order chi connectivity index (χ1) is 9.04. The Balaban J connectivity index is 2.10. The van der Waals surface area contributed by atoms with Gasteiger partial charge in [0.05, 0.1) is 11.9 Å². The Bertz CT molecular complexity index is 596. The lowest BCUT2D eigenvalue weighted by atomic mass is 10.2. The molecule has 0 bridgehead atoms. The molecule has 0 aliphatic carbocycles. The van der Waals surface area contributed by atoms with Gasteiger partial charge in [0.1, 0.15) is 5.82 Å². The van der Waals surface area contributed by atoms with Crippen LogP contribution < -0.4 is 10.6 Å². The Morgan fingerprint density at radius 3 is 2.53 bits per heavy atom. The summed E-state index contributed by atoms with van der Waals surface area (Å²) >= 11 is 3.46. The van der Waals surface area contributed by atoms with Gasteiger partial charge in [-0.1, -0.05) is 15.9 Å². The van der Waals surface area contributed by atoms with Crippen molar-refractivity contribution in [3.8, 4) is 0 Å². The summed E-state index contributed by atoms with van der Waals surface area (Å²) < 4.78 is 1.08. The Morgan fingerprint density at radius 1 is 1.21 bits per heavy atom. The number of hydrogen-bond acceptors (Lipinski definition) is 3. The van der Waals surface area contributed by atoms with Crippen LogP contribution in [0, 0.1) is 6.92 Å². The van der Waals surface area contributed by atoms with Gasteiger partial charge >= 0.3 is 0 Å². The van der Waals surface area contributed by atoms with Crippen LogP contribution in [0.2, 0.25) is 0 Å². The van der Waals surface area contributed by atoms with E-state index in [9.17, 15) is 4.79 Å². The molecule has 19 heavy (non-hydrogen) atoms. The fourth-order valence-electron chi connectivity index (χ4n) is 1.62. The maximum atomic E-state index is 10.9. The first kappa shape index (κ1) is 13.5. The summed E-state index contributed by atoms with van der Waals surface area (Å²) in [6, 6.07) is 9.63. The molecule has 4 nitrogen and oxygen atoms in total. The van der Waals surface area contributed by atoms with Gasteiger partial charge in [-0.15, -0.1) is 0 Å². The lowest BCUT2D eigenvalue weighted by Crippen LogP contribution is -2.06. The molecule has 0 aliphatic rings. The molecule has 5 heteroatoms. The SMILES string of the molecule is CC(=O)Nc1ccc(Nc2ccc(Br)c(C)c2)nc1. The minimum absolute atomic E-state index is 0.106. The summed E-state index contributed by atoms with van der Waals surface area (Å²) in [4.78, 5) is 15.1. The van der Waals surface area contributed by atoms with Crippen LogP contribution in [-0.2, 0) is 4.79 Å². The number of amides is 1. The zero-order valence-electron chi connectivity index (χ0n) is 10.7. The van der Waals surface area contributed by atoms with E-state index < -0.39 is 0 Å². The summed E-state index contributed by atoms with van der Waals surface area (Å²) in [5.41, 5.74) is 2.81. The molecule has 1 heterocycles. The largest absolute Gasteiger partial charge is 0.340 e. The summed E-state index contributed by atoms with van der Waals surface area (Å²) in [6.07, 6.45) is 1.62. The van der Waals surface area contributed by atoms with Crippen LogP contribution in [0.25, 0.3) is 0 Å². The topological polar surface area (TPSA) is 54.0 Å². The van der Waals surface area contributed by atoms with Gasteiger partial charge in [-0.05, 0) is 42.8 Å². The molecule has 2 aromatic rings. The van der Waals surface area contributed by atoms with Crippen LogP contribution in [0.3, 0.4) is 0 Å². The number of aromatic nitrogens is 1. The minimum Gasteiger partial charge on any atom is -0.340 e. The maximum absolute atomic E-state index is 10.9. The van der Waals surface area contributed by atoms with Crippen molar-refractivity contribution in [3.63, 3.8) is 0 Å². The fourth-order valence-corrected chi connectivity index (χ4v) is 1.86. The van der Waals surface area contributed by atoms with Crippen molar-refractivity contribution in [2.75, 3.05) is 10.6 Å². The van der Waals surface area contributed by atoms with Gasteiger partial charge < -0.3 is 10.6 Å². The molecule has 1 aromatic carbocycles. The third kappa shape index (κ3) is 3.79. The van der Waals surface area contributed by atoms with Crippen LogP contribution in [-0.4, -0.2) is 10.9 Å². The number of carbonyl (C=O) groups excluding carboxylic acids is 1.